The molecule has 1 rings (SSSR count). The molecule has 1 aromatic rings. The summed E-state index contributed by atoms with van der Waals surface area (Å²) in [6.07, 6.45) is 3.68. The molecular weight excluding hydrogens is 487 g/mol. The summed E-state index contributed by atoms with van der Waals surface area (Å²) in [7, 11) is 0. The van der Waals surface area contributed by atoms with Gasteiger partial charge in [0, 0.05) is 0 Å². The summed E-state index contributed by atoms with van der Waals surface area (Å²) >= 11 is 55.2. The van der Waals surface area contributed by atoms with E-state index in [9.17, 15) is 0 Å². The summed E-state index contributed by atoms with van der Waals surface area (Å²) in [6, 6.07) is 7.02. The van der Waals surface area contributed by atoms with E-state index in [4.69, 9.17) is 104 Å². The Kier molecular flexibility index (Phi) is 8.19. The summed E-state index contributed by atoms with van der Waals surface area (Å²) in [4.78, 5) is 0. The highest BCUT2D eigenvalue weighted by Crippen LogP contribution is 2.65. The third kappa shape index (κ3) is 4.57. The van der Waals surface area contributed by atoms with E-state index in [2.05, 4.69) is 0 Å². The Bertz CT molecular complexity index is 531. The van der Waals surface area contributed by atoms with Crippen LogP contribution in [0.2, 0.25) is 0 Å². The maximum absolute atomic E-state index is 6.46. The lowest BCUT2D eigenvalue weighted by Gasteiger charge is -2.44. The first-order valence-corrected chi connectivity index (χ1v) is 9.83. The Morgan fingerprint density at radius 3 is 1.83 bits per heavy atom. The van der Waals surface area contributed by atoms with Crippen LogP contribution in [0.15, 0.2) is 24.3 Å². The number of rotatable bonds is 6. The monoisotopic (exact) mass is 495 g/mol. The molecular formula is C14H12Cl9. The van der Waals surface area contributed by atoms with Gasteiger partial charge in [0.2, 0.25) is 8.13 Å². The molecule has 0 aromatic heterocycles. The van der Waals surface area contributed by atoms with E-state index in [1.165, 1.54) is 0 Å². The van der Waals surface area contributed by atoms with Gasteiger partial charge in [-0.15, -0.1) is 0 Å². The van der Waals surface area contributed by atoms with Crippen LogP contribution in [0.3, 0.4) is 0 Å². The summed E-state index contributed by atoms with van der Waals surface area (Å²) in [6.45, 7) is 2.03. The van der Waals surface area contributed by atoms with Crippen LogP contribution in [0, 0.1) is 6.42 Å². The molecule has 23 heavy (non-hydrogen) atoms. The highest BCUT2D eigenvalue weighted by atomic mass is 35.6. The van der Waals surface area contributed by atoms with E-state index < -0.39 is 16.8 Å². The van der Waals surface area contributed by atoms with E-state index in [-0.39, 0.29) is 0 Å². The van der Waals surface area contributed by atoms with Crippen molar-refractivity contribution in [2.24, 2.45) is 0 Å². The number of hydrogen-bond donors (Lipinski definition) is 0. The maximum Gasteiger partial charge on any atom is 0.226 e. The van der Waals surface area contributed by atoms with Crippen LogP contribution in [0.5, 0.6) is 0 Å². The van der Waals surface area contributed by atoms with Crippen molar-refractivity contribution in [3.05, 3.63) is 41.8 Å². The normalized spacial score (nSPS) is 14.2. The highest BCUT2D eigenvalue weighted by molar-refractivity contribution is 6.80. The summed E-state index contributed by atoms with van der Waals surface area (Å²) < 4.78 is -8.73. The minimum atomic E-state index is -2.30. The number of benzene rings is 1. The van der Waals surface area contributed by atoms with Gasteiger partial charge in [-0.3, -0.25) is 0 Å². The molecule has 0 aliphatic heterocycles. The van der Waals surface area contributed by atoms with E-state index >= 15 is 0 Å². The van der Waals surface area contributed by atoms with Gasteiger partial charge < -0.3 is 0 Å². The SMILES string of the molecule is CCC[CH]c1ccccc1C(Cl)(Cl)C(Cl)(Cl)C(Cl)(Cl)C(Cl)(Cl)Cl. The van der Waals surface area contributed by atoms with Crippen LogP contribution in [-0.4, -0.2) is 12.5 Å². The first kappa shape index (κ1) is 22.9. The molecule has 0 atom stereocenters. The van der Waals surface area contributed by atoms with Crippen molar-refractivity contribution in [1.82, 2.24) is 0 Å². The largest absolute Gasteiger partial charge is 0.226 e. The lowest BCUT2D eigenvalue weighted by molar-refractivity contribution is 0.598. The topological polar surface area (TPSA) is 0 Å². The molecule has 9 heteroatoms. The fourth-order valence-electron chi connectivity index (χ4n) is 1.81. The molecule has 1 radical (unpaired) electrons. The fraction of sp³-hybridized carbons (Fsp3) is 0.500. The van der Waals surface area contributed by atoms with Gasteiger partial charge in [0.05, 0.1) is 0 Å². The molecule has 131 valence electrons. The van der Waals surface area contributed by atoms with Gasteiger partial charge in [0.25, 0.3) is 0 Å². The van der Waals surface area contributed by atoms with Gasteiger partial charge in [0.1, 0.15) is 0 Å². The predicted molar refractivity (Wildman–Crippen MR) is 107 cm³/mol. The van der Waals surface area contributed by atoms with Crippen LogP contribution in [0.25, 0.3) is 0 Å². The van der Waals surface area contributed by atoms with Crippen LogP contribution in [0.4, 0.5) is 0 Å². The van der Waals surface area contributed by atoms with Crippen molar-refractivity contribution in [2.45, 2.75) is 36.6 Å². The van der Waals surface area contributed by atoms with Gasteiger partial charge >= 0.3 is 0 Å². The highest BCUT2D eigenvalue weighted by Gasteiger charge is 2.68. The van der Waals surface area contributed by atoms with Crippen molar-refractivity contribution >= 4 is 104 Å². The molecule has 0 aliphatic carbocycles. The average molecular weight is 499 g/mol. The van der Waals surface area contributed by atoms with E-state index in [1.54, 1.807) is 12.1 Å². The van der Waals surface area contributed by atoms with Crippen LogP contribution < -0.4 is 0 Å². The molecule has 0 unspecified atom stereocenters. The second-order valence-corrected chi connectivity index (χ2v) is 11.1. The van der Waals surface area contributed by atoms with Crippen molar-refractivity contribution < 1.29 is 0 Å². The summed E-state index contributed by atoms with van der Waals surface area (Å²) in [5.41, 5.74) is 1.14. The zero-order chi connectivity index (χ0) is 18.1. The first-order chi connectivity index (χ1) is 10.3. The number of unbranched alkanes of at least 4 members (excludes halogenated alkanes) is 1. The zero-order valence-corrected chi connectivity index (χ0v) is 18.5. The first-order valence-electron chi connectivity index (χ1n) is 6.43. The average Bonchev–Trinajstić information content (AvgIpc) is 2.43. The molecule has 0 saturated carbocycles. The van der Waals surface area contributed by atoms with E-state index in [0.29, 0.717) is 5.56 Å². The Balaban J connectivity index is 3.41. The maximum atomic E-state index is 6.46. The summed E-state index contributed by atoms with van der Waals surface area (Å²) in [5, 5.41) is 0. The standard InChI is InChI=1S/C14H12Cl9/c1-2-3-6-9-7-4-5-8-10(9)11(15,16)12(17,18)13(19,20)14(21,22)23/h4-8H,2-3H2,1H3. The number of halogens is 9. The van der Waals surface area contributed by atoms with Gasteiger partial charge in [-0.25, -0.2) is 0 Å². The van der Waals surface area contributed by atoms with Gasteiger partial charge in [-0.1, -0.05) is 142 Å². The number of alkyl halides is 9. The molecule has 0 saturated heterocycles. The van der Waals surface area contributed by atoms with Crippen molar-refractivity contribution in [3.8, 4) is 0 Å². The van der Waals surface area contributed by atoms with Gasteiger partial charge in [0.15, 0.2) is 8.67 Å². The van der Waals surface area contributed by atoms with Crippen LogP contribution in [-0.2, 0) is 4.33 Å². The van der Waals surface area contributed by atoms with E-state index in [0.717, 1.165) is 18.4 Å². The van der Waals surface area contributed by atoms with E-state index in [1.807, 2.05) is 25.5 Å². The molecule has 0 spiro atoms. The second-order valence-electron chi connectivity index (χ2n) is 4.80. The van der Waals surface area contributed by atoms with Crippen LogP contribution in [0.1, 0.15) is 30.9 Å². The molecule has 0 fully saturated rings. The van der Waals surface area contributed by atoms with Gasteiger partial charge in [-0.05, 0) is 24.0 Å². The quantitative estimate of drug-likeness (QED) is 0.345. The minimum Gasteiger partial charge on any atom is -0.0943 e. The smallest absolute Gasteiger partial charge is 0.0943 e. The molecule has 0 nitrogen and oxygen atoms in total. The lowest BCUT2D eigenvalue weighted by Crippen LogP contribution is -2.55. The third-order valence-corrected chi connectivity index (χ3v) is 8.54. The van der Waals surface area contributed by atoms with Gasteiger partial charge in [-0.2, -0.15) is 0 Å². The Morgan fingerprint density at radius 1 is 0.826 bits per heavy atom. The molecule has 0 aliphatic rings. The van der Waals surface area contributed by atoms with Crippen LogP contribution >= 0.6 is 104 Å². The molecule has 0 bridgehead atoms. The number of hydrogen-bond acceptors (Lipinski definition) is 0. The zero-order valence-electron chi connectivity index (χ0n) is 11.7. The predicted octanol–water partition coefficient (Wildman–Crippen LogP) is 8.39. The Morgan fingerprint density at radius 2 is 1.35 bits per heavy atom. The fourth-order valence-corrected chi connectivity index (χ4v) is 4.11. The molecule has 0 heterocycles. The Hall–Kier alpha value is 1.83. The molecule has 0 amide bonds. The molecule has 1 aromatic carbocycles. The molecule has 0 N–H and O–H groups in total. The minimum absolute atomic E-state index is 0.404. The van der Waals surface area contributed by atoms with Crippen molar-refractivity contribution in [2.75, 3.05) is 0 Å². The summed E-state index contributed by atoms with van der Waals surface area (Å²) in [5.74, 6) is 0. The lowest BCUT2D eigenvalue weighted by atomic mass is 9.96. The van der Waals surface area contributed by atoms with Crippen molar-refractivity contribution in [3.63, 3.8) is 0 Å². The van der Waals surface area contributed by atoms with Crippen molar-refractivity contribution in [1.29, 1.82) is 0 Å². The third-order valence-electron chi connectivity index (χ3n) is 3.10. The second kappa shape index (κ2) is 8.24. The Labute approximate surface area is 181 Å².